The van der Waals surface area contributed by atoms with E-state index in [-0.39, 0.29) is 22.9 Å². The van der Waals surface area contributed by atoms with Crippen molar-refractivity contribution in [2.45, 2.75) is 36.4 Å². The van der Waals surface area contributed by atoms with E-state index in [1.165, 1.54) is 0 Å². The minimum absolute atomic E-state index is 0.0633. The number of rotatable bonds is 6. The largest absolute Gasteiger partial charge is 0.478 e. The standard InChI is InChI=1S/C14H20N2O5S2/c17-8-14(3-1-4-14)7-16-23(20,21)13-11(12(18)19)9-2-5-15-6-10(9)22-13/h15-17H,1-8H2,(H,18,19). The van der Waals surface area contributed by atoms with Crippen LogP contribution in [0.2, 0.25) is 0 Å². The number of fused-ring (bicyclic) bond motifs is 1. The van der Waals surface area contributed by atoms with Gasteiger partial charge in [0.05, 0.1) is 5.56 Å². The van der Waals surface area contributed by atoms with Crippen molar-refractivity contribution in [3.05, 3.63) is 16.0 Å². The highest BCUT2D eigenvalue weighted by Gasteiger charge is 2.39. The molecule has 0 bridgehead atoms. The van der Waals surface area contributed by atoms with Crippen molar-refractivity contribution in [1.29, 1.82) is 0 Å². The Morgan fingerprint density at radius 2 is 2.13 bits per heavy atom. The van der Waals surface area contributed by atoms with Crippen LogP contribution in [0.5, 0.6) is 0 Å². The summed E-state index contributed by atoms with van der Waals surface area (Å²) in [7, 11) is -3.90. The van der Waals surface area contributed by atoms with Gasteiger partial charge in [0.2, 0.25) is 0 Å². The zero-order chi connectivity index (χ0) is 16.7. The normalized spacial score (nSPS) is 19.9. The number of hydrogen-bond acceptors (Lipinski definition) is 6. The molecule has 0 radical (unpaired) electrons. The lowest BCUT2D eigenvalue weighted by atomic mass is 9.69. The lowest BCUT2D eigenvalue weighted by Crippen LogP contribution is -2.44. The van der Waals surface area contributed by atoms with Gasteiger partial charge in [-0.15, -0.1) is 11.3 Å². The number of sulfonamides is 1. The van der Waals surface area contributed by atoms with Crippen LogP contribution in [-0.4, -0.2) is 44.3 Å². The number of nitrogens with one attached hydrogen (secondary N) is 2. The predicted octanol–water partition coefficient (Wildman–Crippen LogP) is 0.533. The highest BCUT2D eigenvalue weighted by atomic mass is 32.2. The molecule has 0 spiro atoms. The van der Waals surface area contributed by atoms with Crippen LogP contribution in [0.25, 0.3) is 0 Å². The number of carboxylic acids is 1. The van der Waals surface area contributed by atoms with E-state index in [2.05, 4.69) is 10.0 Å². The molecular weight excluding hydrogens is 340 g/mol. The van der Waals surface area contributed by atoms with Crippen molar-refractivity contribution in [1.82, 2.24) is 10.0 Å². The first-order valence-corrected chi connectivity index (χ1v) is 9.88. The number of aliphatic hydroxyl groups is 1. The van der Waals surface area contributed by atoms with Crippen molar-refractivity contribution in [2.75, 3.05) is 19.7 Å². The molecule has 0 saturated heterocycles. The fourth-order valence-corrected chi connectivity index (χ4v) is 6.16. The first-order valence-electron chi connectivity index (χ1n) is 7.58. The Bertz CT molecular complexity index is 716. The maximum Gasteiger partial charge on any atom is 0.338 e. The van der Waals surface area contributed by atoms with Gasteiger partial charge in [-0.1, -0.05) is 6.42 Å². The molecular formula is C14H20N2O5S2. The number of carbonyl (C=O) groups is 1. The Morgan fingerprint density at radius 1 is 1.39 bits per heavy atom. The second-order valence-corrected chi connectivity index (χ2v) is 9.30. The predicted molar refractivity (Wildman–Crippen MR) is 85.2 cm³/mol. The van der Waals surface area contributed by atoms with E-state index in [0.29, 0.717) is 25.1 Å². The van der Waals surface area contributed by atoms with Crippen LogP contribution in [0.1, 0.15) is 40.1 Å². The Labute approximate surface area is 138 Å². The lowest BCUT2D eigenvalue weighted by Gasteiger charge is -2.40. The van der Waals surface area contributed by atoms with Gasteiger partial charge in [-0.05, 0) is 31.4 Å². The van der Waals surface area contributed by atoms with E-state index in [4.69, 9.17) is 0 Å². The number of carboxylic acid groups (broad SMARTS) is 1. The summed E-state index contributed by atoms with van der Waals surface area (Å²) in [6, 6.07) is 0. The van der Waals surface area contributed by atoms with Crippen molar-refractivity contribution in [2.24, 2.45) is 5.41 Å². The van der Waals surface area contributed by atoms with Crippen LogP contribution >= 0.6 is 11.3 Å². The van der Waals surface area contributed by atoms with E-state index in [9.17, 15) is 23.4 Å². The number of hydrogen-bond donors (Lipinski definition) is 4. The minimum Gasteiger partial charge on any atom is -0.478 e. The van der Waals surface area contributed by atoms with Crippen LogP contribution in [-0.2, 0) is 23.0 Å². The van der Waals surface area contributed by atoms with Gasteiger partial charge in [-0.25, -0.2) is 17.9 Å². The van der Waals surface area contributed by atoms with Crippen LogP contribution < -0.4 is 10.0 Å². The Morgan fingerprint density at radius 3 is 2.70 bits per heavy atom. The van der Waals surface area contributed by atoms with Gasteiger partial charge < -0.3 is 15.5 Å². The smallest absolute Gasteiger partial charge is 0.338 e. The van der Waals surface area contributed by atoms with Gasteiger partial charge in [-0.3, -0.25) is 0 Å². The molecule has 9 heteroatoms. The van der Waals surface area contributed by atoms with Crippen molar-refractivity contribution < 1.29 is 23.4 Å². The molecule has 128 valence electrons. The molecule has 1 aliphatic heterocycles. The molecule has 0 aromatic carbocycles. The van der Waals surface area contributed by atoms with Gasteiger partial charge in [0.1, 0.15) is 4.21 Å². The summed E-state index contributed by atoms with van der Waals surface area (Å²) in [5.74, 6) is -1.20. The molecule has 2 aliphatic rings. The maximum absolute atomic E-state index is 12.6. The van der Waals surface area contributed by atoms with E-state index in [1.54, 1.807) is 0 Å². The van der Waals surface area contributed by atoms with E-state index in [1.807, 2.05) is 0 Å². The second kappa shape index (κ2) is 6.14. The quantitative estimate of drug-likeness (QED) is 0.588. The minimum atomic E-state index is -3.90. The molecule has 0 unspecified atom stereocenters. The second-order valence-electron chi connectivity index (χ2n) is 6.23. The fraction of sp³-hybridized carbons (Fsp3) is 0.643. The Hall–Kier alpha value is -1.00. The maximum atomic E-state index is 12.6. The summed E-state index contributed by atoms with van der Waals surface area (Å²) < 4.78 is 27.6. The molecule has 7 nitrogen and oxygen atoms in total. The molecule has 3 rings (SSSR count). The van der Waals surface area contributed by atoms with Crippen LogP contribution in [0.15, 0.2) is 4.21 Å². The van der Waals surface area contributed by atoms with Gasteiger partial charge >= 0.3 is 5.97 Å². The number of aromatic carboxylic acids is 1. The van der Waals surface area contributed by atoms with Crippen LogP contribution in [0.3, 0.4) is 0 Å². The number of aliphatic hydroxyl groups excluding tert-OH is 1. The molecule has 23 heavy (non-hydrogen) atoms. The molecule has 1 saturated carbocycles. The lowest BCUT2D eigenvalue weighted by molar-refractivity contribution is 0.0499. The van der Waals surface area contributed by atoms with Gasteiger partial charge in [0, 0.05) is 30.0 Å². The molecule has 4 N–H and O–H groups in total. The third kappa shape index (κ3) is 3.03. The average Bonchev–Trinajstić information content (AvgIpc) is 2.87. The first kappa shape index (κ1) is 16.8. The van der Waals surface area contributed by atoms with Crippen LogP contribution in [0.4, 0.5) is 0 Å². The highest BCUT2D eigenvalue weighted by Crippen LogP contribution is 2.40. The molecule has 0 amide bonds. The SMILES string of the molecule is O=C(O)c1c(S(=O)(=O)NCC2(CO)CCC2)sc2c1CCNC2. The van der Waals surface area contributed by atoms with Crippen LogP contribution in [0, 0.1) is 5.41 Å². The summed E-state index contributed by atoms with van der Waals surface area (Å²) in [6.45, 7) is 1.22. The van der Waals surface area contributed by atoms with Gasteiger partial charge in [0.25, 0.3) is 10.0 Å². The Kier molecular flexibility index (Phi) is 4.49. The summed E-state index contributed by atoms with van der Waals surface area (Å²) in [4.78, 5) is 12.4. The molecule has 2 heterocycles. The van der Waals surface area contributed by atoms with E-state index in [0.717, 1.165) is 35.5 Å². The monoisotopic (exact) mass is 360 g/mol. The first-order chi connectivity index (χ1) is 10.9. The fourth-order valence-electron chi connectivity index (χ4n) is 3.10. The summed E-state index contributed by atoms with van der Waals surface area (Å²) in [6.07, 6.45) is 3.05. The topological polar surface area (TPSA) is 116 Å². The average molecular weight is 360 g/mol. The van der Waals surface area contributed by atoms with Crippen molar-refractivity contribution in [3.8, 4) is 0 Å². The zero-order valence-electron chi connectivity index (χ0n) is 12.6. The summed E-state index contributed by atoms with van der Waals surface area (Å²) >= 11 is 1.02. The van der Waals surface area contributed by atoms with Crippen molar-refractivity contribution in [3.63, 3.8) is 0 Å². The number of thiophene rings is 1. The van der Waals surface area contributed by atoms with Gasteiger partial charge in [-0.2, -0.15) is 0 Å². The molecule has 1 aromatic rings. The van der Waals surface area contributed by atoms with Crippen molar-refractivity contribution >= 4 is 27.3 Å². The van der Waals surface area contributed by atoms with E-state index < -0.39 is 21.4 Å². The third-order valence-corrected chi connectivity index (χ3v) is 7.89. The van der Waals surface area contributed by atoms with E-state index >= 15 is 0 Å². The molecule has 1 aromatic heterocycles. The molecule has 1 fully saturated rings. The third-order valence-electron chi connectivity index (χ3n) is 4.74. The Balaban J connectivity index is 1.90. The molecule has 1 aliphatic carbocycles. The summed E-state index contributed by atoms with van der Waals surface area (Å²) in [5, 5.41) is 22.0. The van der Waals surface area contributed by atoms with Gasteiger partial charge in [0.15, 0.2) is 0 Å². The zero-order valence-corrected chi connectivity index (χ0v) is 14.2. The molecule has 0 atom stereocenters. The highest BCUT2D eigenvalue weighted by molar-refractivity contribution is 7.91. The summed E-state index contributed by atoms with van der Waals surface area (Å²) in [5.41, 5.74) is 0.141.